The molecule has 5 nitrogen and oxygen atoms in total. The SMILES string of the molecule is CC(CCl)C(=O)Nc1ccc(-n2cncn2)c(F)c1. The van der Waals surface area contributed by atoms with Crippen LogP contribution < -0.4 is 5.32 Å². The molecule has 19 heavy (non-hydrogen) atoms. The van der Waals surface area contributed by atoms with E-state index in [4.69, 9.17) is 11.6 Å². The Labute approximate surface area is 114 Å². The Balaban J connectivity index is 2.18. The first-order chi connectivity index (χ1) is 9.11. The van der Waals surface area contributed by atoms with Crippen LogP contribution in [0.2, 0.25) is 0 Å². The van der Waals surface area contributed by atoms with E-state index in [2.05, 4.69) is 15.4 Å². The Bertz CT molecular complexity index is 573. The van der Waals surface area contributed by atoms with E-state index in [9.17, 15) is 9.18 Å². The summed E-state index contributed by atoms with van der Waals surface area (Å²) in [6.07, 6.45) is 2.71. The van der Waals surface area contributed by atoms with Gasteiger partial charge in [-0.3, -0.25) is 4.79 Å². The summed E-state index contributed by atoms with van der Waals surface area (Å²) in [5, 5.41) is 6.44. The van der Waals surface area contributed by atoms with Crippen molar-refractivity contribution in [1.29, 1.82) is 0 Å². The first kappa shape index (κ1) is 13.5. The molecular weight excluding hydrogens is 271 g/mol. The van der Waals surface area contributed by atoms with E-state index >= 15 is 0 Å². The van der Waals surface area contributed by atoms with Crippen LogP contribution in [0.25, 0.3) is 5.69 Å². The highest BCUT2D eigenvalue weighted by atomic mass is 35.5. The predicted molar refractivity (Wildman–Crippen MR) is 69.8 cm³/mol. The smallest absolute Gasteiger partial charge is 0.228 e. The van der Waals surface area contributed by atoms with Crippen molar-refractivity contribution >= 4 is 23.2 Å². The molecule has 0 aliphatic heterocycles. The van der Waals surface area contributed by atoms with Crippen molar-refractivity contribution in [2.45, 2.75) is 6.92 Å². The number of halogens is 2. The van der Waals surface area contributed by atoms with Crippen LogP contribution in [0.3, 0.4) is 0 Å². The van der Waals surface area contributed by atoms with Crippen LogP contribution in [0, 0.1) is 11.7 Å². The van der Waals surface area contributed by atoms with Gasteiger partial charge in [0.2, 0.25) is 5.91 Å². The van der Waals surface area contributed by atoms with Gasteiger partial charge in [0, 0.05) is 17.5 Å². The minimum atomic E-state index is -0.498. The molecule has 0 aliphatic carbocycles. The van der Waals surface area contributed by atoms with E-state index in [-0.39, 0.29) is 23.4 Å². The molecule has 1 aromatic carbocycles. The molecule has 0 saturated heterocycles. The number of nitrogens with one attached hydrogen (secondary N) is 1. The van der Waals surface area contributed by atoms with Crippen molar-refractivity contribution in [2.24, 2.45) is 5.92 Å². The molecular formula is C12H12ClFN4O. The molecule has 1 N–H and O–H groups in total. The van der Waals surface area contributed by atoms with Crippen molar-refractivity contribution in [1.82, 2.24) is 14.8 Å². The van der Waals surface area contributed by atoms with Gasteiger partial charge in [0.05, 0.1) is 0 Å². The van der Waals surface area contributed by atoms with Crippen LogP contribution in [0.1, 0.15) is 6.92 Å². The summed E-state index contributed by atoms with van der Waals surface area (Å²) in [6, 6.07) is 4.35. The number of alkyl halides is 1. The van der Waals surface area contributed by atoms with Crippen molar-refractivity contribution < 1.29 is 9.18 Å². The molecule has 1 unspecified atom stereocenters. The number of amides is 1. The van der Waals surface area contributed by atoms with Crippen molar-refractivity contribution in [3.05, 3.63) is 36.7 Å². The molecule has 2 aromatic rings. The first-order valence-corrected chi connectivity index (χ1v) is 6.16. The second-order valence-electron chi connectivity index (χ2n) is 4.05. The summed E-state index contributed by atoms with van der Waals surface area (Å²) < 4.78 is 15.2. The van der Waals surface area contributed by atoms with Gasteiger partial charge in [-0.1, -0.05) is 6.92 Å². The molecule has 1 atom stereocenters. The summed E-state index contributed by atoms with van der Waals surface area (Å²) in [6.45, 7) is 1.70. The normalized spacial score (nSPS) is 12.2. The maximum absolute atomic E-state index is 13.9. The largest absolute Gasteiger partial charge is 0.326 e. The van der Waals surface area contributed by atoms with Gasteiger partial charge in [-0.2, -0.15) is 5.10 Å². The zero-order chi connectivity index (χ0) is 13.8. The lowest BCUT2D eigenvalue weighted by Crippen LogP contribution is -2.21. The number of benzene rings is 1. The van der Waals surface area contributed by atoms with Gasteiger partial charge in [0.25, 0.3) is 0 Å². The average Bonchev–Trinajstić information content (AvgIpc) is 2.91. The topological polar surface area (TPSA) is 59.8 Å². The Morgan fingerprint density at radius 1 is 1.58 bits per heavy atom. The number of carbonyl (C=O) groups is 1. The molecule has 0 bridgehead atoms. The van der Waals surface area contributed by atoms with E-state index < -0.39 is 5.82 Å². The molecule has 7 heteroatoms. The molecule has 0 aliphatic rings. The van der Waals surface area contributed by atoms with Crippen LogP contribution in [0.15, 0.2) is 30.9 Å². The molecule has 1 amide bonds. The van der Waals surface area contributed by atoms with Crippen molar-refractivity contribution in [3.63, 3.8) is 0 Å². The van der Waals surface area contributed by atoms with E-state index in [0.717, 1.165) is 0 Å². The summed E-state index contributed by atoms with van der Waals surface area (Å²) in [7, 11) is 0. The van der Waals surface area contributed by atoms with Gasteiger partial charge in [0.1, 0.15) is 18.3 Å². The van der Waals surface area contributed by atoms with E-state index in [1.165, 1.54) is 29.5 Å². The summed E-state index contributed by atoms with van der Waals surface area (Å²) >= 11 is 5.58. The van der Waals surface area contributed by atoms with Crippen molar-refractivity contribution in [2.75, 3.05) is 11.2 Å². The molecule has 0 spiro atoms. The zero-order valence-electron chi connectivity index (χ0n) is 10.2. The maximum Gasteiger partial charge on any atom is 0.228 e. The summed E-state index contributed by atoms with van der Waals surface area (Å²) in [5.74, 6) is -0.866. The molecule has 2 rings (SSSR count). The van der Waals surface area contributed by atoms with Gasteiger partial charge in [-0.25, -0.2) is 14.1 Å². The number of aromatic nitrogens is 3. The highest BCUT2D eigenvalue weighted by Gasteiger charge is 2.13. The Morgan fingerprint density at radius 3 is 2.95 bits per heavy atom. The van der Waals surface area contributed by atoms with E-state index in [1.54, 1.807) is 13.0 Å². The predicted octanol–water partition coefficient (Wildman–Crippen LogP) is 2.22. The third-order valence-electron chi connectivity index (χ3n) is 2.56. The van der Waals surface area contributed by atoms with Gasteiger partial charge in [-0.05, 0) is 18.2 Å². The zero-order valence-corrected chi connectivity index (χ0v) is 10.9. The molecule has 0 saturated carbocycles. The minimum Gasteiger partial charge on any atom is -0.326 e. The third kappa shape index (κ3) is 3.08. The second kappa shape index (κ2) is 5.79. The molecule has 1 aromatic heterocycles. The fourth-order valence-electron chi connectivity index (χ4n) is 1.44. The highest BCUT2D eigenvalue weighted by Crippen LogP contribution is 2.18. The van der Waals surface area contributed by atoms with E-state index in [1.807, 2.05) is 0 Å². The van der Waals surface area contributed by atoms with Gasteiger partial charge in [-0.15, -0.1) is 11.6 Å². The number of carbonyl (C=O) groups excluding carboxylic acids is 1. The fraction of sp³-hybridized carbons (Fsp3) is 0.250. The highest BCUT2D eigenvalue weighted by molar-refractivity contribution is 6.19. The lowest BCUT2D eigenvalue weighted by atomic mass is 10.2. The lowest BCUT2D eigenvalue weighted by molar-refractivity contribution is -0.118. The number of anilines is 1. The van der Waals surface area contributed by atoms with Crippen LogP contribution in [-0.2, 0) is 4.79 Å². The molecule has 0 radical (unpaired) electrons. The lowest BCUT2D eigenvalue weighted by Gasteiger charge is -2.10. The van der Waals surface area contributed by atoms with Gasteiger partial charge >= 0.3 is 0 Å². The second-order valence-corrected chi connectivity index (χ2v) is 4.36. The Hall–Kier alpha value is -1.95. The van der Waals surface area contributed by atoms with Crippen molar-refractivity contribution in [3.8, 4) is 5.69 Å². The summed E-state index contributed by atoms with van der Waals surface area (Å²) in [5.41, 5.74) is 0.643. The molecule has 0 fully saturated rings. The van der Waals surface area contributed by atoms with Gasteiger partial charge in [0.15, 0.2) is 5.82 Å². The number of hydrogen-bond donors (Lipinski definition) is 1. The third-order valence-corrected chi connectivity index (χ3v) is 3.02. The van der Waals surface area contributed by atoms with E-state index in [0.29, 0.717) is 5.69 Å². The average molecular weight is 283 g/mol. The quantitative estimate of drug-likeness (QED) is 0.875. The molecule has 100 valence electrons. The van der Waals surface area contributed by atoms with Crippen LogP contribution in [0.5, 0.6) is 0 Å². The fourth-order valence-corrected chi connectivity index (χ4v) is 1.58. The monoisotopic (exact) mass is 282 g/mol. The van der Waals surface area contributed by atoms with Crippen LogP contribution in [0.4, 0.5) is 10.1 Å². The summed E-state index contributed by atoms with van der Waals surface area (Å²) in [4.78, 5) is 15.4. The number of hydrogen-bond acceptors (Lipinski definition) is 3. The first-order valence-electron chi connectivity index (χ1n) is 5.63. The van der Waals surface area contributed by atoms with Crippen LogP contribution >= 0.6 is 11.6 Å². The molecule has 1 heterocycles. The number of rotatable bonds is 4. The number of nitrogens with zero attached hydrogens (tertiary/aromatic N) is 3. The van der Waals surface area contributed by atoms with Gasteiger partial charge < -0.3 is 5.32 Å². The Kier molecular flexibility index (Phi) is 4.11. The van der Waals surface area contributed by atoms with Crippen LogP contribution in [-0.4, -0.2) is 26.6 Å². The Morgan fingerprint density at radius 2 is 2.37 bits per heavy atom. The standard InChI is InChI=1S/C12H12ClFN4O/c1-8(5-13)12(19)17-9-2-3-11(10(14)4-9)18-7-15-6-16-18/h2-4,6-8H,5H2,1H3,(H,17,19). The maximum atomic E-state index is 13.9. The minimum absolute atomic E-state index is 0.214.